The number of ether oxygens (including phenoxy) is 2. The maximum absolute atomic E-state index is 12.8. The van der Waals surface area contributed by atoms with Crippen LogP contribution in [0.1, 0.15) is 32.4 Å². The van der Waals surface area contributed by atoms with Crippen molar-refractivity contribution in [2.45, 2.75) is 52.0 Å². The van der Waals surface area contributed by atoms with Gasteiger partial charge in [-0.1, -0.05) is 12.1 Å². The molecule has 0 spiro atoms. The van der Waals surface area contributed by atoms with E-state index in [9.17, 15) is 14.7 Å². The third kappa shape index (κ3) is 5.65. The van der Waals surface area contributed by atoms with Crippen LogP contribution in [-0.4, -0.2) is 87.9 Å². The molecule has 0 saturated heterocycles. The summed E-state index contributed by atoms with van der Waals surface area (Å²) in [6.45, 7) is 5.29. The summed E-state index contributed by atoms with van der Waals surface area (Å²) in [6, 6.07) is -0.293. The zero-order valence-corrected chi connectivity index (χ0v) is 17.1. The molecule has 1 aliphatic rings. The summed E-state index contributed by atoms with van der Waals surface area (Å²) in [5.74, 6) is -0.0930. The van der Waals surface area contributed by atoms with Crippen LogP contribution in [0.2, 0.25) is 0 Å². The van der Waals surface area contributed by atoms with Gasteiger partial charge >= 0.3 is 6.09 Å². The molecule has 1 aliphatic heterocycles. The first-order chi connectivity index (χ1) is 13.4. The Labute approximate surface area is 165 Å². The molecular weight excluding hydrogens is 366 g/mol. The summed E-state index contributed by atoms with van der Waals surface area (Å²) >= 11 is 0. The van der Waals surface area contributed by atoms with E-state index < -0.39 is 6.09 Å². The normalized spacial score (nSPS) is 22.6. The fourth-order valence-corrected chi connectivity index (χ4v) is 3.25. The first-order valence-electron chi connectivity index (χ1n) is 9.55. The lowest BCUT2D eigenvalue weighted by molar-refractivity contribution is -0.136. The van der Waals surface area contributed by atoms with Crippen molar-refractivity contribution in [2.75, 3.05) is 33.9 Å². The number of carbonyl (C=O) groups is 2. The van der Waals surface area contributed by atoms with E-state index in [0.717, 1.165) is 5.69 Å². The van der Waals surface area contributed by atoms with Gasteiger partial charge in [-0.2, -0.15) is 0 Å². The van der Waals surface area contributed by atoms with E-state index in [1.165, 1.54) is 12.0 Å². The molecule has 0 bridgehead atoms. The van der Waals surface area contributed by atoms with Gasteiger partial charge in [-0.15, -0.1) is 5.10 Å². The summed E-state index contributed by atoms with van der Waals surface area (Å²) in [5, 5.41) is 17.6. The Hall–Kier alpha value is -2.20. The minimum absolute atomic E-state index is 0.0179. The number of hydrogen-bond donors (Lipinski definition) is 1. The monoisotopic (exact) mass is 397 g/mol. The number of aryl methyl sites for hydroxylation is 1. The second-order valence-corrected chi connectivity index (χ2v) is 7.31. The smallest absolute Gasteiger partial charge is 0.409 e. The Bertz CT molecular complexity index is 652. The number of nitrogens with zero attached hydrogens (tertiary/aromatic N) is 5. The SMILES string of the molecule is COC(=O)N(C)C[C@@H]1OCc2cnnn2CCCC(=O)N([C@H](C)CO)C[C@H]1C. The van der Waals surface area contributed by atoms with Crippen LogP contribution in [0.3, 0.4) is 0 Å². The van der Waals surface area contributed by atoms with Crippen molar-refractivity contribution in [3.05, 3.63) is 11.9 Å². The molecule has 2 heterocycles. The lowest BCUT2D eigenvalue weighted by atomic mass is 10.0. The number of fused-ring (bicyclic) bond motifs is 1. The van der Waals surface area contributed by atoms with Gasteiger partial charge in [-0.3, -0.25) is 4.79 Å². The van der Waals surface area contributed by atoms with E-state index in [4.69, 9.17) is 9.47 Å². The zero-order chi connectivity index (χ0) is 20.7. The van der Waals surface area contributed by atoms with Crippen molar-refractivity contribution in [1.82, 2.24) is 24.8 Å². The predicted octanol–water partition coefficient (Wildman–Crippen LogP) is 0.501. The van der Waals surface area contributed by atoms with Gasteiger partial charge in [0.25, 0.3) is 0 Å². The van der Waals surface area contributed by atoms with Crippen molar-refractivity contribution in [1.29, 1.82) is 0 Å². The Morgan fingerprint density at radius 3 is 2.96 bits per heavy atom. The fraction of sp³-hybridized carbons (Fsp3) is 0.778. The number of methoxy groups -OCH3 is 1. The zero-order valence-electron chi connectivity index (χ0n) is 17.1. The van der Waals surface area contributed by atoms with Crippen LogP contribution in [0.15, 0.2) is 6.20 Å². The van der Waals surface area contributed by atoms with Crippen LogP contribution in [-0.2, 0) is 27.4 Å². The molecule has 1 N–H and O–H groups in total. The maximum Gasteiger partial charge on any atom is 0.409 e. The van der Waals surface area contributed by atoms with Crippen molar-refractivity contribution in [2.24, 2.45) is 5.92 Å². The average Bonchev–Trinajstić information content (AvgIpc) is 3.13. The molecule has 10 heteroatoms. The van der Waals surface area contributed by atoms with Crippen molar-refractivity contribution >= 4 is 12.0 Å². The molecule has 1 aromatic rings. The van der Waals surface area contributed by atoms with Crippen molar-refractivity contribution < 1.29 is 24.2 Å². The molecule has 158 valence electrons. The minimum Gasteiger partial charge on any atom is -0.453 e. The highest BCUT2D eigenvalue weighted by Crippen LogP contribution is 2.18. The Kier molecular flexibility index (Phi) is 8.18. The van der Waals surface area contributed by atoms with Crippen LogP contribution in [0.5, 0.6) is 0 Å². The van der Waals surface area contributed by atoms with E-state index in [0.29, 0.717) is 39.1 Å². The number of aliphatic hydroxyl groups excluding tert-OH is 1. The highest BCUT2D eigenvalue weighted by molar-refractivity contribution is 5.76. The number of likely N-dealkylation sites (N-methyl/N-ethyl adjacent to an activating group) is 1. The van der Waals surface area contributed by atoms with Gasteiger partial charge in [-0.25, -0.2) is 9.48 Å². The summed E-state index contributed by atoms with van der Waals surface area (Å²) in [7, 11) is 2.97. The Morgan fingerprint density at radius 2 is 2.29 bits per heavy atom. The van der Waals surface area contributed by atoms with Crippen molar-refractivity contribution in [3.8, 4) is 0 Å². The second-order valence-electron chi connectivity index (χ2n) is 7.31. The topological polar surface area (TPSA) is 110 Å². The number of carbonyl (C=O) groups excluding carboxylic acids is 2. The van der Waals surface area contributed by atoms with Gasteiger partial charge in [0.15, 0.2) is 0 Å². The highest BCUT2D eigenvalue weighted by Gasteiger charge is 2.29. The number of aliphatic hydroxyl groups is 1. The van der Waals surface area contributed by atoms with Crippen LogP contribution < -0.4 is 0 Å². The molecule has 0 saturated carbocycles. The third-order valence-electron chi connectivity index (χ3n) is 5.08. The van der Waals surface area contributed by atoms with Gasteiger partial charge in [0.1, 0.15) is 0 Å². The Morgan fingerprint density at radius 1 is 1.54 bits per heavy atom. The summed E-state index contributed by atoms with van der Waals surface area (Å²) in [4.78, 5) is 27.7. The van der Waals surface area contributed by atoms with Crippen LogP contribution in [0.25, 0.3) is 0 Å². The molecule has 0 aromatic carbocycles. The first-order valence-corrected chi connectivity index (χ1v) is 9.55. The number of aromatic nitrogens is 3. The molecule has 2 amide bonds. The van der Waals surface area contributed by atoms with Crippen molar-refractivity contribution in [3.63, 3.8) is 0 Å². The average molecular weight is 397 g/mol. The summed E-state index contributed by atoms with van der Waals surface area (Å²) in [5.41, 5.74) is 0.825. The van der Waals surface area contributed by atoms with E-state index in [-0.39, 0.29) is 30.6 Å². The van der Waals surface area contributed by atoms with Gasteiger partial charge in [-0.05, 0) is 13.3 Å². The first kappa shape index (κ1) is 22.1. The fourth-order valence-electron chi connectivity index (χ4n) is 3.25. The largest absolute Gasteiger partial charge is 0.453 e. The highest BCUT2D eigenvalue weighted by atomic mass is 16.5. The summed E-state index contributed by atoms with van der Waals surface area (Å²) in [6.07, 6.45) is 1.86. The van der Waals surface area contributed by atoms with Gasteiger partial charge in [0.2, 0.25) is 5.91 Å². The lowest BCUT2D eigenvalue weighted by Gasteiger charge is -2.35. The molecule has 0 aliphatic carbocycles. The molecule has 2 rings (SSSR count). The molecule has 1 aromatic heterocycles. The number of rotatable bonds is 4. The number of amides is 2. The standard InChI is InChI=1S/C18H31N5O5/c1-13-9-22(14(2)11-24)17(25)6-5-7-23-15(8-19-20-23)12-28-16(13)10-21(3)18(26)27-4/h8,13-14,16,24H,5-7,9-12H2,1-4H3/t13-,14-,16+/m1/s1. The quantitative estimate of drug-likeness (QED) is 0.788. The lowest BCUT2D eigenvalue weighted by Crippen LogP contribution is -2.47. The molecule has 10 nitrogen and oxygen atoms in total. The predicted molar refractivity (Wildman–Crippen MR) is 100 cm³/mol. The van der Waals surface area contributed by atoms with E-state index >= 15 is 0 Å². The summed E-state index contributed by atoms with van der Waals surface area (Å²) < 4.78 is 12.6. The van der Waals surface area contributed by atoms with Gasteiger partial charge in [0.05, 0.1) is 50.9 Å². The van der Waals surface area contributed by atoms with E-state index in [2.05, 4.69) is 10.3 Å². The molecule has 0 fully saturated rings. The molecule has 28 heavy (non-hydrogen) atoms. The van der Waals surface area contributed by atoms with Gasteiger partial charge in [0, 0.05) is 32.5 Å². The second kappa shape index (κ2) is 10.4. The van der Waals surface area contributed by atoms with Crippen LogP contribution >= 0.6 is 0 Å². The van der Waals surface area contributed by atoms with Gasteiger partial charge < -0.3 is 24.4 Å². The van der Waals surface area contributed by atoms with Crippen LogP contribution in [0, 0.1) is 5.92 Å². The maximum atomic E-state index is 12.8. The van der Waals surface area contributed by atoms with Crippen LogP contribution in [0.4, 0.5) is 4.79 Å². The third-order valence-corrected chi connectivity index (χ3v) is 5.08. The van der Waals surface area contributed by atoms with E-state index in [1.807, 2.05) is 13.8 Å². The van der Waals surface area contributed by atoms with E-state index in [1.54, 1.807) is 22.8 Å². The molecule has 0 unspecified atom stereocenters. The number of hydrogen-bond acceptors (Lipinski definition) is 7. The molecular formula is C18H31N5O5. The Balaban J connectivity index is 2.25. The minimum atomic E-state index is -0.453. The molecule has 3 atom stereocenters. The molecule has 0 radical (unpaired) electrons.